The minimum atomic E-state index is -1.62. The van der Waals surface area contributed by atoms with Crippen molar-refractivity contribution in [1.82, 2.24) is 10.6 Å². The second-order valence-corrected chi connectivity index (χ2v) is 5.67. The summed E-state index contributed by atoms with van der Waals surface area (Å²) in [6.07, 6.45) is -1.81. The van der Waals surface area contributed by atoms with Crippen molar-refractivity contribution in [2.45, 2.75) is 50.2 Å². The smallest absolute Gasteiger partial charge is 0.326 e. The summed E-state index contributed by atoms with van der Waals surface area (Å²) in [5.74, 6) is -6.40. The minimum absolute atomic E-state index is 0.126. The van der Waals surface area contributed by atoms with E-state index in [-0.39, 0.29) is 25.7 Å². The largest absolute Gasteiger partial charge is 0.481 e. The number of aliphatic carboxylic acids is 2. The second kappa shape index (κ2) is 11.4. The van der Waals surface area contributed by atoms with Gasteiger partial charge in [0, 0.05) is 12.8 Å². The topological polar surface area (TPSA) is 245 Å². The van der Waals surface area contributed by atoms with Gasteiger partial charge in [-0.3, -0.25) is 24.0 Å². The maximum Gasteiger partial charge on any atom is 0.326 e. The zero-order valence-corrected chi connectivity index (χ0v) is 14.3. The number of carboxylic acid groups (broad SMARTS) is 2. The van der Waals surface area contributed by atoms with E-state index in [0.717, 1.165) is 0 Å². The molecule has 13 heteroatoms. The highest BCUT2D eigenvalue weighted by atomic mass is 16.4. The van der Waals surface area contributed by atoms with Crippen LogP contribution in [0.1, 0.15) is 32.1 Å². The molecule has 0 saturated carbocycles. The lowest BCUT2D eigenvalue weighted by Gasteiger charge is -2.21. The van der Waals surface area contributed by atoms with Crippen molar-refractivity contribution in [3.05, 3.63) is 0 Å². The van der Waals surface area contributed by atoms with Crippen LogP contribution < -0.4 is 27.8 Å². The Hall–Kier alpha value is -3.22. The van der Waals surface area contributed by atoms with Crippen LogP contribution in [-0.2, 0) is 28.8 Å². The Morgan fingerprint density at radius 2 is 1.26 bits per heavy atom. The molecule has 0 aromatic heterocycles. The van der Waals surface area contributed by atoms with Crippen LogP contribution in [0, 0.1) is 0 Å². The molecule has 10 N–H and O–H groups in total. The molecule has 0 rings (SSSR count). The van der Waals surface area contributed by atoms with Gasteiger partial charge in [0.15, 0.2) is 0 Å². The quantitative estimate of drug-likeness (QED) is 0.164. The van der Waals surface area contributed by atoms with Crippen molar-refractivity contribution < 1.29 is 39.0 Å². The molecule has 13 nitrogen and oxygen atoms in total. The van der Waals surface area contributed by atoms with Crippen LogP contribution in [0.3, 0.4) is 0 Å². The van der Waals surface area contributed by atoms with E-state index in [1.54, 1.807) is 0 Å². The molecule has 0 aliphatic heterocycles. The average Bonchev–Trinajstić information content (AvgIpc) is 2.54. The SMILES string of the molecule is NC(=O)CC[C@H](NC(=O)[C@H](CC(=O)O)NC(=O)[C@@H](N)CCC(N)=O)C(=O)O. The van der Waals surface area contributed by atoms with E-state index in [0.29, 0.717) is 0 Å². The van der Waals surface area contributed by atoms with Gasteiger partial charge in [-0.1, -0.05) is 0 Å². The van der Waals surface area contributed by atoms with E-state index >= 15 is 0 Å². The summed E-state index contributed by atoms with van der Waals surface area (Å²) in [4.78, 5) is 67.6. The Labute approximate surface area is 153 Å². The van der Waals surface area contributed by atoms with Gasteiger partial charge in [0.2, 0.25) is 23.6 Å². The number of carbonyl (C=O) groups is 6. The monoisotopic (exact) mass is 389 g/mol. The number of rotatable bonds is 13. The molecular weight excluding hydrogens is 366 g/mol. The maximum atomic E-state index is 12.2. The van der Waals surface area contributed by atoms with E-state index in [9.17, 15) is 28.8 Å². The summed E-state index contributed by atoms with van der Waals surface area (Å²) in [6, 6.07) is -4.36. The zero-order valence-electron chi connectivity index (χ0n) is 14.3. The highest BCUT2D eigenvalue weighted by Crippen LogP contribution is 2.02. The molecule has 3 atom stereocenters. The molecule has 4 amide bonds. The first kappa shape index (κ1) is 23.8. The van der Waals surface area contributed by atoms with Gasteiger partial charge in [-0.25, -0.2) is 4.79 Å². The molecule has 0 radical (unpaired) electrons. The van der Waals surface area contributed by atoms with E-state index in [1.165, 1.54) is 0 Å². The van der Waals surface area contributed by atoms with Gasteiger partial charge >= 0.3 is 11.9 Å². The highest BCUT2D eigenvalue weighted by Gasteiger charge is 2.29. The number of carbonyl (C=O) groups excluding carboxylic acids is 4. The first-order chi connectivity index (χ1) is 12.4. The molecule has 0 spiro atoms. The van der Waals surface area contributed by atoms with E-state index in [1.807, 2.05) is 5.32 Å². The number of hydrogen-bond donors (Lipinski definition) is 7. The van der Waals surface area contributed by atoms with Crippen LogP contribution in [-0.4, -0.2) is 63.9 Å². The molecule has 0 fully saturated rings. The number of nitrogens with two attached hydrogens (primary N) is 3. The van der Waals surface area contributed by atoms with Crippen molar-refractivity contribution in [3.63, 3.8) is 0 Å². The maximum absolute atomic E-state index is 12.2. The summed E-state index contributed by atoms with van der Waals surface area (Å²) >= 11 is 0. The fraction of sp³-hybridized carbons (Fsp3) is 0.571. The Balaban J connectivity index is 5.03. The summed E-state index contributed by atoms with van der Waals surface area (Å²) in [7, 11) is 0. The van der Waals surface area contributed by atoms with Crippen molar-refractivity contribution in [2.75, 3.05) is 0 Å². The zero-order chi connectivity index (χ0) is 21.1. The van der Waals surface area contributed by atoms with Crippen LogP contribution in [0.2, 0.25) is 0 Å². The van der Waals surface area contributed by atoms with Crippen LogP contribution in [0.15, 0.2) is 0 Å². The highest BCUT2D eigenvalue weighted by molar-refractivity contribution is 5.94. The summed E-state index contributed by atoms with van der Waals surface area (Å²) in [5, 5.41) is 22.1. The van der Waals surface area contributed by atoms with E-state index < -0.39 is 60.1 Å². The van der Waals surface area contributed by atoms with Crippen LogP contribution in [0.25, 0.3) is 0 Å². The van der Waals surface area contributed by atoms with Gasteiger partial charge in [0.25, 0.3) is 0 Å². The Morgan fingerprint density at radius 1 is 0.778 bits per heavy atom. The van der Waals surface area contributed by atoms with E-state index in [2.05, 4.69) is 5.32 Å². The van der Waals surface area contributed by atoms with Crippen LogP contribution >= 0.6 is 0 Å². The average molecular weight is 389 g/mol. The molecule has 0 aromatic carbocycles. The lowest BCUT2D eigenvalue weighted by Crippen LogP contribution is -2.55. The molecule has 0 bridgehead atoms. The lowest BCUT2D eigenvalue weighted by atomic mass is 10.1. The van der Waals surface area contributed by atoms with Crippen molar-refractivity contribution >= 4 is 35.6 Å². The molecule has 0 unspecified atom stereocenters. The summed E-state index contributed by atoms with van der Waals surface area (Å²) in [5.41, 5.74) is 15.4. The molecular formula is C14H23N5O8. The van der Waals surface area contributed by atoms with Gasteiger partial charge in [0.1, 0.15) is 12.1 Å². The fourth-order valence-corrected chi connectivity index (χ4v) is 1.91. The summed E-state index contributed by atoms with van der Waals surface area (Å²) < 4.78 is 0. The minimum Gasteiger partial charge on any atom is -0.481 e. The molecule has 27 heavy (non-hydrogen) atoms. The van der Waals surface area contributed by atoms with Crippen molar-refractivity contribution in [2.24, 2.45) is 17.2 Å². The molecule has 0 aliphatic carbocycles. The molecule has 0 heterocycles. The molecule has 0 saturated heterocycles. The first-order valence-corrected chi connectivity index (χ1v) is 7.81. The number of primary amides is 2. The Bertz CT molecular complexity index is 608. The third kappa shape index (κ3) is 10.4. The van der Waals surface area contributed by atoms with Gasteiger partial charge < -0.3 is 38.0 Å². The lowest BCUT2D eigenvalue weighted by molar-refractivity contribution is -0.143. The Morgan fingerprint density at radius 3 is 1.70 bits per heavy atom. The van der Waals surface area contributed by atoms with Crippen LogP contribution in [0.4, 0.5) is 0 Å². The molecule has 0 aliphatic rings. The Kier molecular flexibility index (Phi) is 10.0. The number of carboxylic acids is 2. The first-order valence-electron chi connectivity index (χ1n) is 7.81. The third-order valence-electron chi connectivity index (χ3n) is 3.34. The normalized spacial score (nSPS) is 13.7. The molecule has 0 aromatic rings. The van der Waals surface area contributed by atoms with Gasteiger partial charge in [0.05, 0.1) is 12.5 Å². The number of hydrogen-bond acceptors (Lipinski definition) is 7. The van der Waals surface area contributed by atoms with Gasteiger partial charge in [-0.05, 0) is 12.8 Å². The standard InChI is InChI=1S/C14H23N5O8/c15-6(1-3-9(16)20)12(24)19-8(5-11(22)23)13(25)18-7(14(26)27)2-4-10(17)21/h6-8H,1-5,15H2,(H2,16,20)(H2,17,21)(H,18,25)(H,19,24)(H,22,23)(H,26,27)/t6-,7-,8-/m0/s1. The molecule has 152 valence electrons. The van der Waals surface area contributed by atoms with Crippen molar-refractivity contribution in [1.29, 1.82) is 0 Å². The fourth-order valence-electron chi connectivity index (χ4n) is 1.91. The van der Waals surface area contributed by atoms with E-state index in [4.69, 9.17) is 27.4 Å². The van der Waals surface area contributed by atoms with Gasteiger partial charge in [-0.15, -0.1) is 0 Å². The number of amides is 4. The van der Waals surface area contributed by atoms with Gasteiger partial charge in [-0.2, -0.15) is 0 Å². The summed E-state index contributed by atoms with van der Waals surface area (Å²) in [6.45, 7) is 0. The predicted octanol–water partition coefficient (Wildman–Crippen LogP) is -3.63. The number of nitrogens with one attached hydrogen (secondary N) is 2. The van der Waals surface area contributed by atoms with Crippen molar-refractivity contribution in [3.8, 4) is 0 Å². The van der Waals surface area contributed by atoms with Crippen LogP contribution in [0.5, 0.6) is 0 Å². The third-order valence-corrected chi connectivity index (χ3v) is 3.34. The predicted molar refractivity (Wildman–Crippen MR) is 88.6 cm³/mol. The second-order valence-electron chi connectivity index (χ2n) is 5.67.